The number of methoxy groups -OCH3 is 2. The number of carbonyl (C=O) groups excluding carboxylic acids is 1. The van der Waals surface area contributed by atoms with E-state index < -0.39 is 22.5 Å². The minimum Gasteiger partial charge on any atom is -0.493 e. The molecule has 3 aromatic rings. The molecule has 0 N–H and O–H groups in total. The van der Waals surface area contributed by atoms with Crippen molar-refractivity contribution in [3.8, 4) is 11.5 Å². The first-order valence-electron chi connectivity index (χ1n) is 12.1. The van der Waals surface area contributed by atoms with Crippen molar-refractivity contribution in [1.29, 1.82) is 0 Å². The van der Waals surface area contributed by atoms with Crippen molar-refractivity contribution in [2.24, 2.45) is 4.99 Å². The molecule has 210 valence electrons. The van der Waals surface area contributed by atoms with Crippen LogP contribution in [0.4, 0.5) is 5.69 Å². The first-order chi connectivity index (χ1) is 19.2. The highest BCUT2D eigenvalue weighted by Crippen LogP contribution is 2.40. The number of thiazole rings is 1. The van der Waals surface area contributed by atoms with E-state index in [9.17, 15) is 19.7 Å². The minimum atomic E-state index is -0.940. The van der Waals surface area contributed by atoms with Gasteiger partial charge in [-0.3, -0.25) is 19.5 Å². The normalized spacial score (nSPS) is 14.9. The molecule has 0 bridgehead atoms. The van der Waals surface area contributed by atoms with Crippen molar-refractivity contribution in [2.45, 2.75) is 19.9 Å². The third kappa shape index (κ3) is 5.71. The fourth-order valence-corrected chi connectivity index (χ4v) is 5.73. The summed E-state index contributed by atoms with van der Waals surface area (Å²) in [7, 11) is 3.00. The number of fused-ring (bicyclic) bond motifs is 1. The van der Waals surface area contributed by atoms with Gasteiger partial charge in [0.2, 0.25) is 0 Å². The number of allylic oxidation sites excluding steroid dienone is 1. The molecule has 1 aromatic heterocycles. The van der Waals surface area contributed by atoms with Gasteiger partial charge in [0.1, 0.15) is 12.6 Å². The third-order valence-electron chi connectivity index (χ3n) is 6.04. The van der Waals surface area contributed by atoms with Crippen LogP contribution >= 0.6 is 27.3 Å². The van der Waals surface area contributed by atoms with Crippen LogP contribution in [0.1, 0.15) is 31.0 Å². The number of hydrogen-bond acceptors (Lipinski definition) is 10. The van der Waals surface area contributed by atoms with Crippen molar-refractivity contribution in [2.75, 3.05) is 34.0 Å². The summed E-state index contributed by atoms with van der Waals surface area (Å²) in [6.07, 6.45) is 1.56. The minimum absolute atomic E-state index is 0.0159. The molecule has 11 nitrogen and oxygen atoms in total. The Bertz CT molecular complexity index is 1680. The lowest BCUT2D eigenvalue weighted by Crippen LogP contribution is -2.40. The number of halogens is 1. The Labute approximate surface area is 241 Å². The zero-order valence-electron chi connectivity index (χ0n) is 22.1. The first kappa shape index (κ1) is 29.2. The van der Waals surface area contributed by atoms with E-state index >= 15 is 0 Å². The van der Waals surface area contributed by atoms with Crippen molar-refractivity contribution >= 4 is 45.0 Å². The Morgan fingerprint density at radius 3 is 2.70 bits per heavy atom. The molecule has 13 heteroatoms. The van der Waals surface area contributed by atoms with E-state index in [0.717, 1.165) is 11.3 Å². The average Bonchev–Trinajstić information content (AvgIpc) is 3.23. The maximum atomic E-state index is 13.9. The van der Waals surface area contributed by atoms with Crippen LogP contribution in [0.5, 0.6) is 11.5 Å². The molecule has 0 aliphatic carbocycles. The molecule has 0 unspecified atom stereocenters. The highest BCUT2D eigenvalue weighted by atomic mass is 79.9. The van der Waals surface area contributed by atoms with Crippen molar-refractivity contribution in [3.63, 3.8) is 0 Å². The SMILES string of the molecule is CCOc1c(OC)cccc1[C@H]1C(C(=O)OCCOC)=C(C)N=c2s/c(=C/c3ccc(Br)c([N+](=O)[O-])c3)c(=O)n21. The number of carbonyl (C=O) groups is 1. The molecule has 40 heavy (non-hydrogen) atoms. The van der Waals surface area contributed by atoms with Gasteiger partial charge in [0.15, 0.2) is 16.3 Å². The lowest BCUT2D eigenvalue weighted by molar-refractivity contribution is -0.385. The summed E-state index contributed by atoms with van der Waals surface area (Å²) in [5, 5.41) is 11.4. The number of para-hydroxylation sites is 1. The molecular formula is C27H26BrN3O8S. The third-order valence-corrected chi connectivity index (χ3v) is 7.69. The van der Waals surface area contributed by atoms with E-state index in [1.807, 2.05) is 6.92 Å². The topological polar surface area (TPSA) is 131 Å². The summed E-state index contributed by atoms with van der Waals surface area (Å²) < 4.78 is 24.0. The number of nitro groups is 1. The zero-order valence-corrected chi connectivity index (χ0v) is 24.5. The Balaban J connectivity index is 1.97. The Hall–Kier alpha value is -3.81. The van der Waals surface area contributed by atoms with Crippen LogP contribution in [0.3, 0.4) is 0 Å². The fraction of sp³-hybridized carbons (Fsp3) is 0.296. The van der Waals surface area contributed by atoms with Crippen LogP contribution < -0.4 is 24.4 Å². The molecule has 1 aliphatic rings. The number of esters is 1. The molecule has 0 saturated heterocycles. The average molecular weight is 632 g/mol. The number of aromatic nitrogens is 1. The summed E-state index contributed by atoms with van der Waals surface area (Å²) in [5.74, 6) is 0.171. The van der Waals surface area contributed by atoms with Gasteiger partial charge in [-0.05, 0) is 53.5 Å². The van der Waals surface area contributed by atoms with Crippen LogP contribution in [0, 0.1) is 10.1 Å². The Morgan fingerprint density at radius 1 is 1.25 bits per heavy atom. The van der Waals surface area contributed by atoms with E-state index in [2.05, 4.69) is 20.9 Å². The van der Waals surface area contributed by atoms with Gasteiger partial charge >= 0.3 is 5.97 Å². The Morgan fingerprint density at radius 2 is 2.02 bits per heavy atom. The second kappa shape index (κ2) is 12.6. The molecular weight excluding hydrogens is 606 g/mol. The van der Waals surface area contributed by atoms with Gasteiger partial charge in [-0.2, -0.15) is 0 Å². The molecule has 0 radical (unpaired) electrons. The maximum absolute atomic E-state index is 13.9. The number of hydrogen-bond donors (Lipinski definition) is 0. The van der Waals surface area contributed by atoms with E-state index in [-0.39, 0.29) is 29.0 Å². The Kier molecular flexibility index (Phi) is 9.17. The monoisotopic (exact) mass is 631 g/mol. The zero-order chi connectivity index (χ0) is 29.0. The van der Waals surface area contributed by atoms with Gasteiger partial charge in [0, 0.05) is 18.7 Å². The summed E-state index contributed by atoms with van der Waals surface area (Å²) in [4.78, 5) is 43.1. The number of nitrogens with zero attached hydrogens (tertiary/aromatic N) is 3. The van der Waals surface area contributed by atoms with Crippen molar-refractivity contribution in [1.82, 2.24) is 4.57 Å². The molecule has 2 aromatic carbocycles. The van der Waals surface area contributed by atoms with Crippen LogP contribution in [0.25, 0.3) is 6.08 Å². The van der Waals surface area contributed by atoms with Crippen LogP contribution in [0.15, 0.2) is 61.9 Å². The number of nitro benzene ring substituents is 1. The second-order valence-electron chi connectivity index (χ2n) is 8.49. The largest absolute Gasteiger partial charge is 0.493 e. The van der Waals surface area contributed by atoms with E-state index in [1.54, 1.807) is 43.3 Å². The summed E-state index contributed by atoms with van der Waals surface area (Å²) >= 11 is 4.29. The lowest BCUT2D eigenvalue weighted by Gasteiger charge is -2.27. The maximum Gasteiger partial charge on any atom is 0.338 e. The number of rotatable bonds is 10. The van der Waals surface area contributed by atoms with Crippen LogP contribution in [-0.4, -0.2) is 49.5 Å². The fourth-order valence-electron chi connectivity index (χ4n) is 4.29. The lowest BCUT2D eigenvalue weighted by atomic mass is 9.94. The van der Waals surface area contributed by atoms with Gasteiger partial charge in [-0.15, -0.1) is 0 Å². The van der Waals surface area contributed by atoms with Crippen LogP contribution in [0.2, 0.25) is 0 Å². The highest BCUT2D eigenvalue weighted by molar-refractivity contribution is 9.10. The predicted molar refractivity (Wildman–Crippen MR) is 152 cm³/mol. The first-order valence-corrected chi connectivity index (χ1v) is 13.7. The summed E-state index contributed by atoms with van der Waals surface area (Å²) in [5.41, 5.74) is 0.964. The van der Waals surface area contributed by atoms with Crippen molar-refractivity contribution in [3.05, 3.63) is 93.1 Å². The predicted octanol–water partition coefficient (Wildman–Crippen LogP) is 3.50. The molecule has 0 spiro atoms. The molecule has 2 heterocycles. The van der Waals surface area contributed by atoms with Gasteiger partial charge in [0.25, 0.3) is 11.2 Å². The quantitative estimate of drug-likeness (QED) is 0.144. The van der Waals surface area contributed by atoms with Gasteiger partial charge in [-0.1, -0.05) is 29.5 Å². The number of benzene rings is 2. The molecule has 0 amide bonds. The van der Waals surface area contributed by atoms with Gasteiger partial charge in [0.05, 0.1) is 45.5 Å². The molecule has 4 rings (SSSR count). The summed E-state index contributed by atoms with van der Waals surface area (Å²) in [6.45, 7) is 4.02. The second-order valence-corrected chi connectivity index (χ2v) is 10.4. The summed E-state index contributed by atoms with van der Waals surface area (Å²) in [6, 6.07) is 8.87. The van der Waals surface area contributed by atoms with Gasteiger partial charge < -0.3 is 18.9 Å². The van der Waals surface area contributed by atoms with E-state index in [1.165, 1.54) is 24.9 Å². The molecule has 1 atom stereocenters. The van der Waals surface area contributed by atoms with Crippen molar-refractivity contribution < 1.29 is 28.7 Å². The molecule has 0 saturated carbocycles. The highest BCUT2D eigenvalue weighted by Gasteiger charge is 2.36. The smallest absolute Gasteiger partial charge is 0.338 e. The molecule has 0 fully saturated rings. The van der Waals surface area contributed by atoms with E-state index in [4.69, 9.17) is 18.9 Å². The molecule has 1 aliphatic heterocycles. The standard InChI is InChI=1S/C27H26BrN3O8S/c1-5-38-24-17(7-6-8-20(24)37-4)23-22(26(33)39-12-11-36-3)15(2)29-27-30(23)25(32)21(40-27)14-16-9-10-18(28)19(13-16)31(34)35/h6-10,13-14,23H,5,11-12H2,1-4H3/b21-14+/t23-/m0/s1. The van der Waals surface area contributed by atoms with E-state index in [0.29, 0.717) is 44.2 Å². The number of ether oxygens (including phenoxy) is 4. The van der Waals surface area contributed by atoms with Crippen LogP contribution in [-0.2, 0) is 14.3 Å². The van der Waals surface area contributed by atoms with Gasteiger partial charge in [-0.25, -0.2) is 9.79 Å².